The molecule has 1 aromatic heterocycles. The fourth-order valence-electron chi connectivity index (χ4n) is 3.04. The number of benzene rings is 2. The zero-order valence-corrected chi connectivity index (χ0v) is 13.0. The monoisotopic (exact) mass is 297 g/mol. The molecule has 0 spiro atoms. The second-order valence-corrected chi connectivity index (χ2v) is 5.42. The first kappa shape index (κ1) is 14.6. The largest absolute Gasteiger partial charge is 0.465 e. The minimum atomic E-state index is -0.321. The van der Waals surface area contributed by atoms with Gasteiger partial charge in [0.15, 0.2) is 0 Å². The molecule has 0 bridgehead atoms. The molecular weight excluding hydrogens is 278 g/mol. The molecule has 114 valence electrons. The predicted molar refractivity (Wildman–Crippen MR) is 87.4 cm³/mol. The highest BCUT2D eigenvalue weighted by Gasteiger charge is 2.16. The Morgan fingerprint density at radius 1 is 1.09 bits per heavy atom. The molecule has 0 N–H and O–H groups in total. The Hall–Kier alpha value is -2.33. The maximum Gasteiger partial charge on any atom is 0.337 e. The molecular formula is C18H19NO3. The molecule has 0 fully saturated rings. The molecule has 0 radical (unpaired) electrons. The van der Waals surface area contributed by atoms with E-state index in [1.807, 2.05) is 30.3 Å². The van der Waals surface area contributed by atoms with Gasteiger partial charge in [0.1, 0.15) is 0 Å². The quantitative estimate of drug-likeness (QED) is 0.688. The molecule has 3 rings (SSSR count). The summed E-state index contributed by atoms with van der Waals surface area (Å²) in [4.78, 5) is 11.8. The van der Waals surface area contributed by atoms with Crippen molar-refractivity contribution in [3.05, 3.63) is 48.0 Å². The first-order valence-electron chi connectivity index (χ1n) is 7.27. The average Bonchev–Trinajstić information content (AvgIpc) is 2.88. The van der Waals surface area contributed by atoms with Gasteiger partial charge in [-0.2, -0.15) is 0 Å². The summed E-state index contributed by atoms with van der Waals surface area (Å²) in [6, 6.07) is 14.1. The number of carbonyl (C=O) groups excluding carboxylic acids is 1. The third-order valence-electron chi connectivity index (χ3n) is 3.98. The SMILES string of the molecule is COCC(C)n1c2ccccc2c2ccc(C(=O)OC)cc21. The molecule has 3 aromatic rings. The van der Waals surface area contributed by atoms with Crippen LogP contribution in [0.5, 0.6) is 0 Å². The third kappa shape index (κ3) is 2.25. The van der Waals surface area contributed by atoms with Gasteiger partial charge in [-0.15, -0.1) is 0 Å². The van der Waals surface area contributed by atoms with Crippen molar-refractivity contribution in [1.29, 1.82) is 0 Å². The number of nitrogens with zero attached hydrogens (tertiary/aromatic N) is 1. The number of rotatable bonds is 4. The minimum absolute atomic E-state index is 0.167. The predicted octanol–water partition coefficient (Wildman–Crippen LogP) is 3.79. The van der Waals surface area contributed by atoms with E-state index in [1.54, 1.807) is 7.11 Å². The second-order valence-electron chi connectivity index (χ2n) is 5.42. The Labute approximate surface area is 129 Å². The molecule has 0 saturated heterocycles. The summed E-state index contributed by atoms with van der Waals surface area (Å²) in [6.07, 6.45) is 0. The van der Waals surface area contributed by atoms with Crippen molar-refractivity contribution < 1.29 is 14.3 Å². The lowest BCUT2D eigenvalue weighted by Gasteiger charge is -2.16. The van der Waals surface area contributed by atoms with Crippen LogP contribution >= 0.6 is 0 Å². The number of aromatic nitrogens is 1. The van der Waals surface area contributed by atoms with Gasteiger partial charge < -0.3 is 14.0 Å². The van der Waals surface area contributed by atoms with E-state index >= 15 is 0 Å². The number of methoxy groups -OCH3 is 2. The van der Waals surface area contributed by atoms with E-state index in [4.69, 9.17) is 9.47 Å². The summed E-state index contributed by atoms with van der Waals surface area (Å²) < 4.78 is 12.4. The molecule has 1 heterocycles. The summed E-state index contributed by atoms with van der Waals surface area (Å²) >= 11 is 0. The lowest BCUT2D eigenvalue weighted by Crippen LogP contribution is -2.11. The van der Waals surface area contributed by atoms with Crippen LogP contribution in [0.25, 0.3) is 21.8 Å². The van der Waals surface area contributed by atoms with Crippen molar-refractivity contribution in [2.75, 3.05) is 20.8 Å². The van der Waals surface area contributed by atoms with Crippen LogP contribution in [-0.2, 0) is 9.47 Å². The molecule has 0 aliphatic heterocycles. The molecule has 1 atom stereocenters. The van der Waals surface area contributed by atoms with Crippen LogP contribution in [0.1, 0.15) is 23.3 Å². The molecule has 0 aliphatic rings. The number of fused-ring (bicyclic) bond motifs is 3. The first-order valence-corrected chi connectivity index (χ1v) is 7.27. The van der Waals surface area contributed by atoms with Crippen LogP contribution in [0.15, 0.2) is 42.5 Å². The average molecular weight is 297 g/mol. The van der Waals surface area contributed by atoms with Crippen molar-refractivity contribution in [2.24, 2.45) is 0 Å². The smallest absolute Gasteiger partial charge is 0.337 e. The maximum atomic E-state index is 11.8. The molecule has 0 saturated carbocycles. The Morgan fingerprint density at radius 2 is 1.82 bits per heavy atom. The second kappa shape index (κ2) is 5.81. The standard InChI is InChI=1S/C18H19NO3/c1-12(11-21-2)19-16-7-5-4-6-14(16)15-9-8-13(10-17(15)19)18(20)22-3/h4-10,12H,11H2,1-3H3. The molecule has 22 heavy (non-hydrogen) atoms. The van der Waals surface area contributed by atoms with E-state index in [0.717, 1.165) is 16.4 Å². The van der Waals surface area contributed by atoms with Gasteiger partial charge >= 0.3 is 5.97 Å². The third-order valence-corrected chi connectivity index (χ3v) is 3.98. The van der Waals surface area contributed by atoms with Gasteiger partial charge in [-0.25, -0.2) is 4.79 Å². The molecule has 0 aliphatic carbocycles. The van der Waals surface area contributed by atoms with Crippen molar-refractivity contribution in [2.45, 2.75) is 13.0 Å². The van der Waals surface area contributed by atoms with Crippen LogP contribution < -0.4 is 0 Å². The van der Waals surface area contributed by atoms with Gasteiger partial charge in [0.25, 0.3) is 0 Å². The fourth-order valence-corrected chi connectivity index (χ4v) is 3.04. The highest BCUT2D eigenvalue weighted by Crippen LogP contribution is 2.32. The summed E-state index contributed by atoms with van der Waals surface area (Å²) in [6.45, 7) is 2.72. The van der Waals surface area contributed by atoms with Gasteiger partial charge in [0.05, 0.1) is 30.8 Å². The highest BCUT2D eigenvalue weighted by atomic mass is 16.5. The lowest BCUT2D eigenvalue weighted by atomic mass is 10.1. The molecule has 4 heteroatoms. The minimum Gasteiger partial charge on any atom is -0.465 e. The number of hydrogen-bond acceptors (Lipinski definition) is 3. The lowest BCUT2D eigenvalue weighted by molar-refractivity contribution is 0.0601. The Bertz CT molecular complexity index is 835. The van der Waals surface area contributed by atoms with E-state index in [9.17, 15) is 4.79 Å². The van der Waals surface area contributed by atoms with E-state index in [0.29, 0.717) is 12.2 Å². The number of esters is 1. The summed E-state index contributed by atoms with van der Waals surface area (Å²) in [5.41, 5.74) is 2.72. The van der Waals surface area contributed by atoms with Crippen molar-refractivity contribution >= 4 is 27.8 Å². The number of ether oxygens (including phenoxy) is 2. The molecule has 1 unspecified atom stereocenters. The normalized spacial score (nSPS) is 12.7. The van der Waals surface area contributed by atoms with E-state index in [1.165, 1.54) is 12.5 Å². The zero-order chi connectivity index (χ0) is 15.7. The Balaban J connectivity index is 2.33. The molecule has 0 amide bonds. The first-order chi connectivity index (χ1) is 10.7. The van der Waals surface area contributed by atoms with Gasteiger partial charge in [-0.05, 0) is 25.1 Å². The Kier molecular flexibility index (Phi) is 3.86. The van der Waals surface area contributed by atoms with Crippen LogP contribution in [0.2, 0.25) is 0 Å². The van der Waals surface area contributed by atoms with Crippen LogP contribution in [0.3, 0.4) is 0 Å². The van der Waals surface area contributed by atoms with Crippen LogP contribution in [0.4, 0.5) is 0 Å². The van der Waals surface area contributed by atoms with Crippen LogP contribution in [-0.4, -0.2) is 31.4 Å². The zero-order valence-electron chi connectivity index (χ0n) is 13.0. The van der Waals surface area contributed by atoms with E-state index < -0.39 is 0 Å². The van der Waals surface area contributed by atoms with Crippen molar-refractivity contribution in [3.8, 4) is 0 Å². The van der Waals surface area contributed by atoms with Crippen molar-refractivity contribution in [1.82, 2.24) is 4.57 Å². The summed E-state index contributed by atoms with van der Waals surface area (Å²) in [7, 11) is 3.10. The number of para-hydroxylation sites is 1. The van der Waals surface area contributed by atoms with Gasteiger partial charge in [-0.1, -0.05) is 24.3 Å². The molecule has 2 aromatic carbocycles. The highest BCUT2D eigenvalue weighted by molar-refractivity contribution is 6.09. The van der Waals surface area contributed by atoms with Crippen LogP contribution in [0, 0.1) is 0 Å². The van der Waals surface area contributed by atoms with Gasteiger partial charge in [0, 0.05) is 23.4 Å². The molecule has 4 nitrogen and oxygen atoms in total. The number of hydrogen-bond donors (Lipinski definition) is 0. The van der Waals surface area contributed by atoms with E-state index in [2.05, 4.69) is 23.6 Å². The fraction of sp³-hybridized carbons (Fsp3) is 0.278. The number of carbonyl (C=O) groups is 1. The summed E-state index contributed by atoms with van der Waals surface area (Å²) in [5.74, 6) is -0.321. The Morgan fingerprint density at radius 3 is 2.55 bits per heavy atom. The maximum absolute atomic E-state index is 11.8. The van der Waals surface area contributed by atoms with Gasteiger partial charge in [0.2, 0.25) is 0 Å². The van der Waals surface area contributed by atoms with Crippen molar-refractivity contribution in [3.63, 3.8) is 0 Å². The van der Waals surface area contributed by atoms with Gasteiger partial charge in [-0.3, -0.25) is 0 Å². The topological polar surface area (TPSA) is 40.5 Å². The van der Waals surface area contributed by atoms with E-state index in [-0.39, 0.29) is 12.0 Å². The summed E-state index contributed by atoms with van der Waals surface area (Å²) in [5, 5.41) is 2.31.